The Balaban J connectivity index is 1.66. The molecule has 8 nitrogen and oxygen atoms in total. The van der Waals surface area contributed by atoms with Crippen molar-refractivity contribution >= 4 is 38.9 Å². The molecule has 0 bridgehead atoms. The van der Waals surface area contributed by atoms with Gasteiger partial charge in [-0.1, -0.05) is 42.5 Å². The number of hydrogen-bond donors (Lipinski definition) is 2. The van der Waals surface area contributed by atoms with Crippen molar-refractivity contribution in [1.29, 1.82) is 0 Å². The number of hydrazone groups is 1. The number of carbonyl (C=O) groups is 2. The fourth-order valence-corrected chi connectivity index (χ4v) is 4.26. The zero-order chi connectivity index (χ0) is 25.6. The molecule has 3 aromatic rings. The lowest BCUT2D eigenvalue weighted by Gasteiger charge is -2.24. The van der Waals surface area contributed by atoms with Crippen LogP contribution < -0.4 is 15.0 Å². The third-order valence-electron chi connectivity index (χ3n) is 5.48. The van der Waals surface area contributed by atoms with Crippen LogP contribution in [0.25, 0.3) is 0 Å². The lowest BCUT2D eigenvalue weighted by Crippen LogP contribution is -2.39. The van der Waals surface area contributed by atoms with Gasteiger partial charge in [0.15, 0.2) is 0 Å². The average molecular weight is 493 g/mol. The molecular weight excluding hydrogens is 464 g/mol. The molecule has 0 atom stereocenters. The first-order valence-electron chi connectivity index (χ1n) is 10.9. The van der Waals surface area contributed by atoms with Gasteiger partial charge in [0.05, 0.1) is 17.7 Å². The van der Waals surface area contributed by atoms with Gasteiger partial charge in [-0.05, 0) is 67.8 Å². The number of nitrogens with zero attached hydrogens (tertiary/aromatic N) is 2. The van der Waals surface area contributed by atoms with Crippen LogP contribution in [-0.2, 0) is 14.8 Å². The molecule has 0 aliphatic heterocycles. The van der Waals surface area contributed by atoms with E-state index in [0.717, 1.165) is 27.3 Å². The Morgan fingerprint density at radius 1 is 0.886 bits per heavy atom. The molecule has 2 amide bonds. The Bertz CT molecular complexity index is 1350. The van der Waals surface area contributed by atoms with Crippen LogP contribution in [0.3, 0.4) is 0 Å². The summed E-state index contributed by atoms with van der Waals surface area (Å²) in [5, 5.41) is 6.93. The van der Waals surface area contributed by atoms with Crippen LogP contribution >= 0.6 is 0 Å². The predicted molar refractivity (Wildman–Crippen MR) is 139 cm³/mol. The summed E-state index contributed by atoms with van der Waals surface area (Å²) in [6.07, 6.45) is 1.06. The maximum absolute atomic E-state index is 12.5. The number of rotatable bonds is 8. The van der Waals surface area contributed by atoms with Gasteiger partial charge in [0.1, 0.15) is 6.54 Å². The monoisotopic (exact) mass is 492 g/mol. The largest absolute Gasteiger partial charge is 0.322 e. The second-order valence-electron chi connectivity index (χ2n) is 8.12. The van der Waals surface area contributed by atoms with Crippen molar-refractivity contribution in [2.75, 3.05) is 22.4 Å². The minimum atomic E-state index is -3.69. The number of benzene rings is 3. The van der Waals surface area contributed by atoms with Crippen molar-refractivity contribution in [3.63, 3.8) is 0 Å². The van der Waals surface area contributed by atoms with Crippen molar-refractivity contribution in [2.24, 2.45) is 5.10 Å². The summed E-state index contributed by atoms with van der Waals surface area (Å²) in [6, 6.07) is 21.2. The predicted octanol–water partition coefficient (Wildman–Crippen LogP) is 3.86. The van der Waals surface area contributed by atoms with Gasteiger partial charge in [0, 0.05) is 11.3 Å². The topological polar surface area (TPSA) is 108 Å². The number of amides is 2. The smallest absolute Gasteiger partial charge is 0.260 e. The lowest BCUT2D eigenvalue weighted by molar-refractivity contribution is -0.119. The first kappa shape index (κ1) is 25.6. The van der Waals surface area contributed by atoms with E-state index in [2.05, 4.69) is 15.8 Å². The lowest BCUT2D eigenvalue weighted by atomic mass is 10.1. The van der Waals surface area contributed by atoms with Gasteiger partial charge in [-0.15, -0.1) is 0 Å². The van der Waals surface area contributed by atoms with Gasteiger partial charge in [-0.3, -0.25) is 13.9 Å². The zero-order valence-corrected chi connectivity index (χ0v) is 20.9. The van der Waals surface area contributed by atoms with E-state index in [1.165, 1.54) is 0 Å². The summed E-state index contributed by atoms with van der Waals surface area (Å²) >= 11 is 0. The highest BCUT2D eigenvalue weighted by atomic mass is 32.2. The Hall–Kier alpha value is -3.98. The van der Waals surface area contributed by atoms with E-state index >= 15 is 0 Å². The highest BCUT2D eigenvalue weighted by molar-refractivity contribution is 7.92. The summed E-state index contributed by atoms with van der Waals surface area (Å²) in [4.78, 5) is 24.8. The van der Waals surface area contributed by atoms with Gasteiger partial charge in [0.2, 0.25) is 10.0 Å². The van der Waals surface area contributed by atoms with E-state index < -0.39 is 22.5 Å². The van der Waals surface area contributed by atoms with Crippen LogP contribution in [0.2, 0.25) is 0 Å². The van der Waals surface area contributed by atoms with E-state index in [0.29, 0.717) is 22.6 Å². The molecule has 3 rings (SSSR count). The van der Waals surface area contributed by atoms with E-state index in [4.69, 9.17) is 0 Å². The first-order chi connectivity index (χ1) is 16.6. The molecule has 0 heterocycles. The van der Waals surface area contributed by atoms with E-state index in [9.17, 15) is 18.0 Å². The van der Waals surface area contributed by atoms with E-state index in [1.54, 1.807) is 67.6 Å². The first-order valence-corrected chi connectivity index (χ1v) is 12.7. The van der Waals surface area contributed by atoms with Crippen LogP contribution in [0.5, 0.6) is 0 Å². The quantitative estimate of drug-likeness (QED) is 0.368. The Morgan fingerprint density at radius 2 is 1.54 bits per heavy atom. The summed E-state index contributed by atoms with van der Waals surface area (Å²) in [6.45, 7) is 5.02. The molecular formula is C26H28N4O4S. The average Bonchev–Trinajstić information content (AvgIpc) is 2.83. The highest BCUT2D eigenvalue weighted by Crippen LogP contribution is 2.24. The van der Waals surface area contributed by atoms with Gasteiger partial charge >= 0.3 is 0 Å². The molecule has 0 aliphatic rings. The fourth-order valence-electron chi connectivity index (χ4n) is 3.35. The van der Waals surface area contributed by atoms with Crippen molar-refractivity contribution in [3.8, 4) is 0 Å². The molecule has 2 N–H and O–H groups in total. The van der Waals surface area contributed by atoms with Crippen LogP contribution in [0.15, 0.2) is 77.9 Å². The number of nitrogens with one attached hydrogen (secondary N) is 2. The number of carbonyl (C=O) groups excluding carboxylic acids is 2. The van der Waals surface area contributed by atoms with Crippen LogP contribution in [0.4, 0.5) is 11.4 Å². The summed E-state index contributed by atoms with van der Waals surface area (Å²) in [5.41, 5.74) is 7.03. The van der Waals surface area contributed by atoms with Crippen LogP contribution in [0, 0.1) is 13.8 Å². The molecule has 0 aliphatic carbocycles. The second kappa shape index (κ2) is 11.0. The van der Waals surface area contributed by atoms with Crippen LogP contribution in [-0.4, -0.2) is 38.7 Å². The summed E-state index contributed by atoms with van der Waals surface area (Å²) < 4.78 is 25.8. The molecule has 182 valence electrons. The maximum atomic E-state index is 12.5. The fraction of sp³-hybridized carbons (Fsp3) is 0.192. The Labute approximate surface area is 205 Å². The number of aryl methyl sites for hydroxylation is 1. The zero-order valence-electron chi connectivity index (χ0n) is 20.1. The summed E-state index contributed by atoms with van der Waals surface area (Å²) in [5.74, 6) is -0.780. The van der Waals surface area contributed by atoms with Crippen molar-refractivity contribution in [2.45, 2.75) is 20.8 Å². The molecule has 0 unspecified atom stereocenters. The standard InChI is InChI=1S/C26H28N4O4S/c1-18-9-8-12-24(19(18)2)30(35(4,33)34)17-25(31)29-28-20(3)21-13-15-23(16-14-21)27-26(32)22-10-6-5-7-11-22/h5-16H,17H2,1-4H3,(H,27,32)(H,29,31)/b28-20+. The summed E-state index contributed by atoms with van der Waals surface area (Å²) in [7, 11) is -3.69. The molecule has 35 heavy (non-hydrogen) atoms. The third kappa shape index (κ3) is 6.77. The van der Waals surface area contributed by atoms with Crippen molar-refractivity contribution in [3.05, 3.63) is 95.1 Å². The van der Waals surface area contributed by atoms with Gasteiger partial charge in [-0.25, -0.2) is 13.8 Å². The molecule has 0 saturated carbocycles. The maximum Gasteiger partial charge on any atom is 0.260 e. The van der Waals surface area contributed by atoms with Gasteiger partial charge < -0.3 is 5.32 Å². The van der Waals surface area contributed by atoms with Crippen LogP contribution in [0.1, 0.15) is 34.0 Å². The van der Waals surface area contributed by atoms with E-state index in [-0.39, 0.29) is 5.91 Å². The molecule has 0 spiro atoms. The third-order valence-corrected chi connectivity index (χ3v) is 6.60. The number of hydrogen-bond acceptors (Lipinski definition) is 5. The Morgan fingerprint density at radius 3 is 2.17 bits per heavy atom. The normalized spacial score (nSPS) is 11.6. The van der Waals surface area contributed by atoms with Crippen molar-refractivity contribution < 1.29 is 18.0 Å². The minimum Gasteiger partial charge on any atom is -0.322 e. The molecule has 0 aromatic heterocycles. The SMILES string of the molecule is C/C(=N\NC(=O)CN(c1cccc(C)c1C)S(C)(=O)=O)c1ccc(NC(=O)c2ccccc2)cc1. The molecule has 0 saturated heterocycles. The van der Waals surface area contributed by atoms with Gasteiger partial charge in [0.25, 0.3) is 11.8 Å². The van der Waals surface area contributed by atoms with Crippen molar-refractivity contribution in [1.82, 2.24) is 5.43 Å². The molecule has 0 fully saturated rings. The molecule has 3 aromatic carbocycles. The molecule has 0 radical (unpaired) electrons. The van der Waals surface area contributed by atoms with E-state index in [1.807, 2.05) is 26.0 Å². The second-order valence-corrected chi connectivity index (χ2v) is 10.0. The Kier molecular flexibility index (Phi) is 8.03. The number of sulfonamides is 1. The minimum absolute atomic E-state index is 0.213. The molecule has 9 heteroatoms. The van der Waals surface area contributed by atoms with Gasteiger partial charge in [-0.2, -0.15) is 5.10 Å². The highest BCUT2D eigenvalue weighted by Gasteiger charge is 2.22. The number of anilines is 2.